The fraction of sp³-hybridized carbons (Fsp3) is 0.250. The molecule has 0 aliphatic carbocycles. The summed E-state index contributed by atoms with van der Waals surface area (Å²) in [5.41, 5.74) is 3.93. The van der Waals surface area contributed by atoms with Crippen LogP contribution in [0.5, 0.6) is 0 Å². The van der Waals surface area contributed by atoms with Crippen LogP contribution in [0.25, 0.3) is 0 Å². The lowest BCUT2D eigenvalue weighted by Crippen LogP contribution is -2.32. The maximum atomic E-state index is 3.78. The first-order valence-electron chi connectivity index (χ1n) is 9.15. The summed E-state index contributed by atoms with van der Waals surface area (Å²) in [6.07, 6.45) is 0. The Bertz CT molecular complexity index is 824. The molecule has 26 heavy (non-hydrogen) atoms. The second kappa shape index (κ2) is 7.64. The van der Waals surface area contributed by atoms with Crippen LogP contribution in [0, 0.1) is 13.8 Å². The third-order valence-corrected chi connectivity index (χ3v) is 6.69. The molecular weight excluding hydrogens is 333 g/mol. The molecule has 0 radical (unpaired) electrons. The summed E-state index contributed by atoms with van der Waals surface area (Å²) in [7, 11) is -0.615. The molecule has 2 heteroatoms. The van der Waals surface area contributed by atoms with Crippen molar-refractivity contribution in [3.63, 3.8) is 0 Å². The van der Waals surface area contributed by atoms with E-state index in [2.05, 4.69) is 113 Å². The molecule has 1 N–H and O–H groups in total. The third kappa shape index (κ3) is 4.34. The summed E-state index contributed by atoms with van der Waals surface area (Å²) in [6, 6.07) is 26.5. The average Bonchev–Trinajstić information content (AvgIpc) is 2.59. The van der Waals surface area contributed by atoms with Crippen LogP contribution in [0.1, 0.15) is 31.9 Å². The molecule has 0 fully saturated rings. The van der Waals surface area contributed by atoms with Crippen molar-refractivity contribution in [3.8, 4) is 0 Å². The smallest absolute Gasteiger partial charge is 0.0458 e. The summed E-state index contributed by atoms with van der Waals surface area (Å²) in [6.45, 7) is 11.1. The van der Waals surface area contributed by atoms with E-state index in [1.807, 2.05) is 0 Å². The molecule has 0 aliphatic rings. The van der Waals surface area contributed by atoms with E-state index in [1.54, 1.807) is 0 Å². The SMILES string of the molecule is Cc1cc(C)c(NC(C)(C)C)c(P(c2ccccc2)c2ccccc2)c1. The fourth-order valence-corrected chi connectivity index (χ4v) is 5.82. The summed E-state index contributed by atoms with van der Waals surface area (Å²) >= 11 is 0. The van der Waals surface area contributed by atoms with Gasteiger partial charge in [-0.3, -0.25) is 0 Å². The highest BCUT2D eigenvalue weighted by molar-refractivity contribution is 7.80. The Labute approximate surface area is 159 Å². The van der Waals surface area contributed by atoms with Gasteiger partial charge in [-0.25, -0.2) is 0 Å². The number of hydrogen-bond donors (Lipinski definition) is 1. The van der Waals surface area contributed by atoms with E-state index < -0.39 is 7.92 Å². The molecule has 0 atom stereocenters. The Kier molecular flexibility index (Phi) is 5.49. The molecule has 0 amide bonds. The molecule has 1 nitrogen and oxygen atoms in total. The van der Waals surface area contributed by atoms with Crippen LogP contribution >= 0.6 is 7.92 Å². The minimum atomic E-state index is -0.615. The van der Waals surface area contributed by atoms with Crippen molar-refractivity contribution in [3.05, 3.63) is 83.9 Å². The highest BCUT2D eigenvalue weighted by atomic mass is 31.1. The second-order valence-electron chi connectivity index (χ2n) is 7.86. The monoisotopic (exact) mass is 361 g/mol. The predicted octanol–water partition coefficient (Wildman–Crippen LogP) is 5.27. The van der Waals surface area contributed by atoms with E-state index in [-0.39, 0.29) is 5.54 Å². The summed E-state index contributed by atoms with van der Waals surface area (Å²) in [5.74, 6) is 0. The van der Waals surface area contributed by atoms with Gasteiger partial charge in [-0.1, -0.05) is 72.3 Å². The normalized spacial score (nSPS) is 11.6. The van der Waals surface area contributed by atoms with Crippen molar-refractivity contribution >= 4 is 29.5 Å². The van der Waals surface area contributed by atoms with Crippen LogP contribution in [-0.4, -0.2) is 5.54 Å². The van der Waals surface area contributed by atoms with Crippen LogP contribution in [0.3, 0.4) is 0 Å². The van der Waals surface area contributed by atoms with Crippen LogP contribution in [0.2, 0.25) is 0 Å². The maximum Gasteiger partial charge on any atom is 0.0458 e. The minimum Gasteiger partial charge on any atom is -0.380 e. The Morgan fingerprint density at radius 3 is 1.69 bits per heavy atom. The molecule has 0 saturated heterocycles. The Balaban J connectivity index is 2.25. The van der Waals surface area contributed by atoms with Gasteiger partial charge in [0.25, 0.3) is 0 Å². The number of rotatable bonds is 4. The standard InChI is InChI=1S/C24H28NP/c1-18-16-19(2)23(25-24(3,4)5)22(17-18)26(20-12-8-6-9-13-20)21-14-10-7-11-15-21/h6-17,25H,1-5H3. The Morgan fingerprint density at radius 2 is 1.23 bits per heavy atom. The molecule has 0 bridgehead atoms. The number of nitrogens with one attached hydrogen (secondary N) is 1. The number of anilines is 1. The zero-order valence-corrected chi connectivity index (χ0v) is 17.3. The van der Waals surface area contributed by atoms with Crippen molar-refractivity contribution < 1.29 is 0 Å². The lowest BCUT2D eigenvalue weighted by molar-refractivity contribution is 0.634. The first-order valence-corrected chi connectivity index (χ1v) is 10.5. The molecule has 0 aliphatic heterocycles. The van der Waals surface area contributed by atoms with Gasteiger partial charge in [-0.2, -0.15) is 0 Å². The minimum absolute atomic E-state index is 0.0170. The molecule has 0 spiro atoms. The van der Waals surface area contributed by atoms with Crippen molar-refractivity contribution in [2.24, 2.45) is 0 Å². The van der Waals surface area contributed by atoms with E-state index >= 15 is 0 Å². The molecule has 0 unspecified atom stereocenters. The van der Waals surface area contributed by atoms with Gasteiger partial charge in [0, 0.05) is 16.5 Å². The van der Waals surface area contributed by atoms with Crippen LogP contribution in [0.15, 0.2) is 72.8 Å². The molecule has 3 rings (SSSR count). The average molecular weight is 361 g/mol. The van der Waals surface area contributed by atoms with Gasteiger partial charge in [-0.05, 0) is 64.8 Å². The van der Waals surface area contributed by atoms with E-state index in [0.717, 1.165) is 0 Å². The lowest BCUT2D eigenvalue weighted by Gasteiger charge is -2.30. The second-order valence-corrected chi connectivity index (χ2v) is 10.0. The first-order chi connectivity index (χ1) is 12.3. The van der Waals surface area contributed by atoms with E-state index in [0.29, 0.717) is 0 Å². The van der Waals surface area contributed by atoms with Crippen LogP contribution in [-0.2, 0) is 0 Å². The van der Waals surface area contributed by atoms with Crippen LogP contribution in [0.4, 0.5) is 5.69 Å². The van der Waals surface area contributed by atoms with Crippen molar-refractivity contribution in [2.75, 3.05) is 5.32 Å². The molecular formula is C24H28NP. The molecule has 0 aromatic heterocycles. The molecule has 3 aromatic rings. The van der Waals surface area contributed by atoms with E-state index in [9.17, 15) is 0 Å². The Hall–Kier alpha value is -2.11. The molecule has 0 saturated carbocycles. The van der Waals surface area contributed by atoms with Gasteiger partial charge in [0.05, 0.1) is 0 Å². The Morgan fingerprint density at radius 1 is 0.731 bits per heavy atom. The third-order valence-electron chi connectivity index (χ3n) is 4.23. The highest BCUT2D eigenvalue weighted by Gasteiger charge is 2.23. The largest absolute Gasteiger partial charge is 0.380 e. The van der Waals surface area contributed by atoms with Gasteiger partial charge >= 0.3 is 0 Å². The number of hydrogen-bond acceptors (Lipinski definition) is 1. The first kappa shape index (κ1) is 18.7. The summed E-state index contributed by atoms with van der Waals surface area (Å²) in [5, 5.41) is 7.96. The molecule has 0 heterocycles. The predicted molar refractivity (Wildman–Crippen MR) is 118 cm³/mol. The quantitative estimate of drug-likeness (QED) is 0.624. The van der Waals surface area contributed by atoms with Gasteiger partial charge in [0.15, 0.2) is 0 Å². The number of benzene rings is 3. The van der Waals surface area contributed by atoms with Crippen molar-refractivity contribution in [1.82, 2.24) is 0 Å². The van der Waals surface area contributed by atoms with Crippen molar-refractivity contribution in [2.45, 2.75) is 40.2 Å². The zero-order valence-electron chi connectivity index (χ0n) is 16.4. The van der Waals surface area contributed by atoms with Gasteiger partial charge < -0.3 is 5.32 Å². The van der Waals surface area contributed by atoms with Crippen molar-refractivity contribution in [1.29, 1.82) is 0 Å². The van der Waals surface area contributed by atoms with E-state index in [1.165, 1.54) is 32.7 Å². The van der Waals surface area contributed by atoms with E-state index in [4.69, 9.17) is 0 Å². The lowest BCUT2D eigenvalue weighted by atomic mass is 10.1. The van der Waals surface area contributed by atoms with Crippen LogP contribution < -0.4 is 21.2 Å². The van der Waals surface area contributed by atoms with Gasteiger partial charge in [0.1, 0.15) is 0 Å². The van der Waals surface area contributed by atoms with Gasteiger partial charge in [-0.15, -0.1) is 0 Å². The zero-order chi connectivity index (χ0) is 18.7. The fourth-order valence-electron chi connectivity index (χ4n) is 3.24. The number of aryl methyl sites for hydroxylation is 2. The van der Waals surface area contributed by atoms with Gasteiger partial charge in [0.2, 0.25) is 0 Å². The summed E-state index contributed by atoms with van der Waals surface area (Å²) < 4.78 is 0. The summed E-state index contributed by atoms with van der Waals surface area (Å²) in [4.78, 5) is 0. The molecule has 134 valence electrons. The molecule has 3 aromatic carbocycles. The topological polar surface area (TPSA) is 12.0 Å². The maximum absolute atomic E-state index is 3.78. The highest BCUT2D eigenvalue weighted by Crippen LogP contribution is 2.38.